The molecule has 2 aliphatic heterocycles. The number of rotatable bonds is 6. The zero-order chi connectivity index (χ0) is 22.8. The van der Waals surface area contributed by atoms with Gasteiger partial charge in [0.2, 0.25) is 5.91 Å². The third-order valence-electron chi connectivity index (χ3n) is 7.69. The van der Waals surface area contributed by atoms with Gasteiger partial charge in [0.05, 0.1) is 0 Å². The molecule has 1 aromatic heterocycles. The van der Waals surface area contributed by atoms with E-state index in [1.54, 1.807) is 0 Å². The molecule has 33 heavy (non-hydrogen) atoms. The number of para-hydroxylation sites is 1. The van der Waals surface area contributed by atoms with Gasteiger partial charge in [-0.2, -0.15) is 0 Å². The van der Waals surface area contributed by atoms with Crippen LogP contribution in [0.2, 0.25) is 0 Å². The van der Waals surface area contributed by atoms with Gasteiger partial charge < -0.3 is 14.8 Å². The summed E-state index contributed by atoms with van der Waals surface area (Å²) in [7, 11) is 0. The highest BCUT2D eigenvalue weighted by molar-refractivity contribution is 5.97. The van der Waals surface area contributed by atoms with Crippen molar-refractivity contribution in [1.82, 2.24) is 9.88 Å². The van der Waals surface area contributed by atoms with Gasteiger partial charge >= 0.3 is 0 Å². The van der Waals surface area contributed by atoms with Crippen molar-refractivity contribution in [2.45, 2.75) is 45.6 Å². The Morgan fingerprint density at radius 2 is 1.73 bits per heavy atom. The molecule has 0 radical (unpaired) electrons. The first-order chi connectivity index (χ1) is 16.2. The van der Waals surface area contributed by atoms with E-state index >= 15 is 0 Å². The lowest BCUT2D eigenvalue weighted by Gasteiger charge is -2.43. The quantitative estimate of drug-likeness (QED) is 0.577. The van der Waals surface area contributed by atoms with E-state index in [4.69, 9.17) is 0 Å². The molecule has 1 atom stereocenters. The predicted octanol–water partition coefficient (Wildman–Crippen LogP) is 5.07. The number of H-pyrrole nitrogens is 1. The molecule has 1 amide bonds. The van der Waals surface area contributed by atoms with E-state index < -0.39 is 0 Å². The number of hydrogen-bond donors (Lipinski definition) is 1. The van der Waals surface area contributed by atoms with Gasteiger partial charge in [0.15, 0.2) is 0 Å². The Hall–Kier alpha value is -2.79. The third-order valence-corrected chi connectivity index (χ3v) is 7.69. The summed E-state index contributed by atoms with van der Waals surface area (Å²) in [5.74, 6) is 0.423. The van der Waals surface area contributed by atoms with Crippen molar-refractivity contribution in [1.29, 1.82) is 0 Å². The normalized spacial score (nSPS) is 19.3. The summed E-state index contributed by atoms with van der Waals surface area (Å²) in [5.41, 5.74) is 4.98. The number of benzene rings is 2. The topological polar surface area (TPSA) is 42.6 Å². The van der Waals surface area contributed by atoms with Crippen molar-refractivity contribution in [3.8, 4) is 0 Å². The van der Waals surface area contributed by atoms with Gasteiger partial charge in [0.1, 0.15) is 0 Å². The lowest BCUT2D eigenvalue weighted by Crippen LogP contribution is -2.55. The predicted molar refractivity (Wildman–Crippen MR) is 137 cm³/mol. The van der Waals surface area contributed by atoms with E-state index in [2.05, 4.69) is 82.1 Å². The molecule has 5 nitrogen and oxygen atoms in total. The smallest absolute Gasteiger partial charge is 0.230 e. The van der Waals surface area contributed by atoms with Crippen LogP contribution in [0.3, 0.4) is 0 Å². The minimum atomic E-state index is 0.109. The van der Waals surface area contributed by atoms with Crippen LogP contribution in [-0.4, -0.2) is 54.6 Å². The summed E-state index contributed by atoms with van der Waals surface area (Å²) in [6.45, 7) is 9.35. The summed E-state index contributed by atoms with van der Waals surface area (Å²) in [5, 5.41) is 1.30. The standard InChI is InChI=1S/C28H36N4O/c1-3-21(4-2)28(33)32-23(13-12-22-8-5-6-10-26(22)32)20-30-16-18-31(19-17-30)27-11-7-9-25-24(27)14-15-29-25/h5-11,14-15,21,23,29H,3-4,12-13,16-20H2,1-2H3. The highest BCUT2D eigenvalue weighted by Gasteiger charge is 2.35. The molecular formula is C28H36N4O. The van der Waals surface area contributed by atoms with Gasteiger partial charge in [-0.05, 0) is 55.5 Å². The summed E-state index contributed by atoms with van der Waals surface area (Å²) in [6, 6.07) is 17.5. The summed E-state index contributed by atoms with van der Waals surface area (Å²) >= 11 is 0. The molecule has 174 valence electrons. The monoisotopic (exact) mass is 444 g/mol. The van der Waals surface area contributed by atoms with E-state index in [9.17, 15) is 4.79 Å². The van der Waals surface area contributed by atoms with Crippen molar-refractivity contribution in [2.24, 2.45) is 5.92 Å². The number of aromatic nitrogens is 1. The number of anilines is 2. The Kier molecular flexibility index (Phi) is 6.41. The fraction of sp³-hybridized carbons (Fsp3) is 0.464. The van der Waals surface area contributed by atoms with E-state index in [1.807, 2.05) is 6.20 Å². The van der Waals surface area contributed by atoms with Crippen LogP contribution in [-0.2, 0) is 11.2 Å². The van der Waals surface area contributed by atoms with Crippen LogP contribution < -0.4 is 9.80 Å². The average Bonchev–Trinajstić information content (AvgIpc) is 3.34. The van der Waals surface area contributed by atoms with Crippen molar-refractivity contribution in [2.75, 3.05) is 42.5 Å². The molecule has 0 bridgehead atoms. The van der Waals surface area contributed by atoms with Crippen LogP contribution in [0.5, 0.6) is 0 Å². The van der Waals surface area contributed by atoms with Crippen LogP contribution >= 0.6 is 0 Å². The molecule has 2 aromatic carbocycles. The van der Waals surface area contributed by atoms with Gasteiger partial charge in [-0.25, -0.2) is 0 Å². The number of carbonyl (C=O) groups excluding carboxylic acids is 1. The molecule has 1 fully saturated rings. The Balaban J connectivity index is 1.30. The van der Waals surface area contributed by atoms with Crippen LogP contribution in [0.1, 0.15) is 38.7 Å². The SMILES string of the molecule is CCC(CC)C(=O)N1c2ccccc2CCC1CN1CCN(c2cccc3[nH]ccc23)CC1. The molecule has 3 heterocycles. The number of amides is 1. The van der Waals surface area contributed by atoms with E-state index in [-0.39, 0.29) is 12.0 Å². The second kappa shape index (κ2) is 9.60. The number of aromatic amines is 1. The number of carbonyl (C=O) groups is 1. The zero-order valence-electron chi connectivity index (χ0n) is 20.0. The van der Waals surface area contributed by atoms with Gasteiger partial charge in [-0.3, -0.25) is 9.69 Å². The maximum atomic E-state index is 13.6. The van der Waals surface area contributed by atoms with E-state index in [1.165, 1.54) is 22.2 Å². The largest absolute Gasteiger partial charge is 0.368 e. The van der Waals surface area contributed by atoms with Crippen molar-refractivity contribution >= 4 is 28.2 Å². The molecule has 0 aliphatic carbocycles. The molecule has 1 unspecified atom stereocenters. The lowest BCUT2D eigenvalue weighted by molar-refractivity contribution is -0.123. The fourth-order valence-electron chi connectivity index (χ4n) is 5.73. The van der Waals surface area contributed by atoms with Gasteiger partial charge in [-0.1, -0.05) is 38.1 Å². The number of aryl methyl sites for hydroxylation is 1. The molecule has 0 spiro atoms. The molecule has 0 saturated carbocycles. The van der Waals surface area contributed by atoms with E-state index in [0.29, 0.717) is 5.91 Å². The molecule has 2 aliphatic rings. The number of hydrogen-bond acceptors (Lipinski definition) is 3. The Morgan fingerprint density at radius 1 is 0.970 bits per heavy atom. The Labute approximate surface area is 197 Å². The maximum Gasteiger partial charge on any atom is 0.230 e. The first-order valence-corrected chi connectivity index (χ1v) is 12.6. The lowest BCUT2D eigenvalue weighted by atomic mass is 9.92. The van der Waals surface area contributed by atoms with Crippen molar-refractivity contribution < 1.29 is 4.79 Å². The van der Waals surface area contributed by atoms with Crippen LogP contribution in [0, 0.1) is 5.92 Å². The number of nitrogens with zero attached hydrogens (tertiary/aromatic N) is 3. The van der Waals surface area contributed by atoms with Crippen LogP contribution in [0.15, 0.2) is 54.7 Å². The minimum absolute atomic E-state index is 0.109. The summed E-state index contributed by atoms with van der Waals surface area (Å²) in [6.07, 6.45) is 5.94. The zero-order valence-corrected chi connectivity index (χ0v) is 20.0. The maximum absolute atomic E-state index is 13.6. The molecule has 1 saturated heterocycles. The van der Waals surface area contributed by atoms with Crippen molar-refractivity contribution in [3.63, 3.8) is 0 Å². The number of nitrogens with one attached hydrogen (secondary N) is 1. The molecule has 3 aromatic rings. The number of fused-ring (bicyclic) bond motifs is 2. The highest BCUT2D eigenvalue weighted by Crippen LogP contribution is 2.34. The van der Waals surface area contributed by atoms with Gasteiger partial charge in [-0.15, -0.1) is 0 Å². The molecule has 5 rings (SSSR count). The van der Waals surface area contributed by atoms with Crippen molar-refractivity contribution in [3.05, 3.63) is 60.3 Å². The molecule has 1 N–H and O–H groups in total. The minimum Gasteiger partial charge on any atom is -0.368 e. The van der Waals surface area contributed by atoms with Gasteiger partial charge in [0.25, 0.3) is 0 Å². The Morgan fingerprint density at radius 3 is 2.52 bits per heavy atom. The first-order valence-electron chi connectivity index (χ1n) is 12.6. The average molecular weight is 445 g/mol. The first kappa shape index (κ1) is 22.0. The van der Waals surface area contributed by atoms with E-state index in [0.717, 1.165) is 64.1 Å². The second-order valence-electron chi connectivity index (χ2n) is 9.55. The summed E-state index contributed by atoms with van der Waals surface area (Å²) < 4.78 is 0. The molecule has 5 heteroatoms. The van der Waals surface area contributed by atoms with Gasteiger partial charge in [0, 0.05) is 73.2 Å². The fourth-order valence-corrected chi connectivity index (χ4v) is 5.73. The third kappa shape index (κ3) is 4.26. The highest BCUT2D eigenvalue weighted by atomic mass is 16.2. The van der Waals surface area contributed by atoms with Crippen LogP contribution in [0.4, 0.5) is 11.4 Å². The van der Waals surface area contributed by atoms with Crippen LogP contribution in [0.25, 0.3) is 10.9 Å². The number of piperazine rings is 1. The second-order valence-corrected chi connectivity index (χ2v) is 9.55. The molecular weight excluding hydrogens is 408 g/mol. The Bertz CT molecular complexity index is 1090. The summed E-state index contributed by atoms with van der Waals surface area (Å²) in [4.78, 5) is 24.2.